The summed E-state index contributed by atoms with van der Waals surface area (Å²) in [6.45, 7) is 7.59. The molecule has 0 aromatic carbocycles. The van der Waals surface area contributed by atoms with E-state index >= 15 is 0 Å². The Morgan fingerprint density at radius 2 is 1.61 bits per heavy atom. The van der Waals surface area contributed by atoms with Gasteiger partial charge in [-0.1, -0.05) is 40.0 Å². The first-order valence-electron chi connectivity index (χ1n) is 6.96. The monoisotopic (exact) mass is 257 g/mol. The molecule has 0 spiro atoms. The SMILES string of the molecule is CCCC(CCC)C(=O)NC(C)(CCC)C(=O)O. The van der Waals surface area contributed by atoms with E-state index in [-0.39, 0.29) is 11.8 Å². The molecule has 0 aliphatic heterocycles. The van der Waals surface area contributed by atoms with Crippen molar-refractivity contribution in [3.05, 3.63) is 0 Å². The zero-order valence-electron chi connectivity index (χ0n) is 12.1. The van der Waals surface area contributed by atoms with Crippen LogP contribution in [0.4, 0.5) is 0 Å². The minimum absolute atomic E-state index is 0.0597. The van der Waals surface area contributed by atoms with E-state index in [1.165, 1.54) is 0 Å². The maximum absolute atomic E-state index is 12.1. The van der Waals surface area contributed by atoms with Crippen LogP contribution in [-0.2, 0) is 9.59 Å². The van der Waals surface area contributed by atoms with Gasteiger partial charge in [-0.15, -0.1) is 0 Å². The smallest absolute Gasteiger partial charge is 0.329 e. The maximum Gasteiger partial charge on any atom is 0.329 e. The quantitative estimate of drug-likeness (QED) is 0.667. The molecule has 2 N–H and O–H groups in total. The summed E-state index contributed by atoms with van der Waals surface area (Å²) in [6.07, 6.45) is 4.71. The fourth-order valence-electron chi connectivity index (χ4n) is 2.20. The first kappa shape index (κ1) is 16.9. The highest BCUT2D eigenvalue weighted by Gasteiger charge is 2.35. The average molecular weight is 257 g/mol. The van der Waals surface area contributed by atoms with Crippen molar-refractivity contribution in [3.8, 4) is 0 Å². The van der Waals surface area contributed by atoms with Gasteiger partial charge in [0.1, 0.15) is 5.54 Å². The standard InChI is InChI=1S/C14H27NO3/c1-5-8-11(9-6-2)12(16)15-14(4,10-7-3)13(17)18/h11H,5-10H2,1-4H3,(H,15,16)(H,17,18). The summed E-state index contributed by atoms with van der Waals surface area (Å²) in [5, 5.41) is 12.0. The molecule has 4 heteroatoms. The Kier molecular flexibility index (Phi) is 7.64. The number of aliphatic carboxylic acids is 1. The van der Waals surface area contributed by atoms with Gasteiger partial charge < -0.3 is 10.4 Å². The van der Waals surface area contributed by atoms with E-state index in [1.54, 1.807) is 6.92 Å². The van der Waals surface area contributed by atoms with Crippen molar-refractivity contribution in [1.82, 2.24) is 5.32 Å². The molecule has 0 saturated carbocycles. The van der Waals surface area contributed by atoms with Gasteiger partial charge in [0.25, 0.3) is 0 Å². The van der Waals surface area contributed by atoms with Crippen LogP contribution in [0.5, 0.6) is 0 Å². The summed E-state index contributed by atoms with van der Waals surface area (Å²) in [4.78, 5) is 23.4. The van der Waals surface area contributed by atoms with Crippen LogP contribution >= 0.6 is 0 Å². The molecule has 0 fully saturated rings. The summed E-state index contributed by atoms with van der Waals surface area (Å²) in [5.74, 6) is -1.13. The van der Waals surface area contributed by atoms with Gasteiger partial charge in [-0.2, -0.15) is 0 Å². The third-order valence-electron chi connectivity index (χ3n) is 3.27. The van der Waals surface area contributed by atoms with Crippen molar-refractivity contribution < 1.29 is 14.7 Å². The molecule has 0 bridgehead atoms. The van der Waals surface area contributed by atoms with Gasteiger partial charge in [0.15, 0.2) is 0 Å². The van der Waals surface area contributed by atoms with Gasteiger partial charge in [-0.3, -0.25) is 4.79 Å². The summed E-state index contributed by atoms with van der Waals surface area (Å²) in [7, 11) is 0. The van der Waals surface area contributed by atoms with Crippen LogP contribution in [0.25, 0.3) is 0 Å². The summed E-state index contributed by atoms with van der Waals surface area (Å²) < 4.78 is 0. The van der Waals surface area contributed by atoms with E-state index in [4.69, 9.17) is 0 Å². The molecule has 1 unspecified atom stereocenters. The predicted molar refractivity (Wildman–Crippen MR) is 72.4 cm³/mol. The number of amides is 1. The number of hydrogen-bond acceptors (Lipinski definition) is 2. The van der Waals surface area contributed by atoms with E-state index in [1.807, 2.05) is 20.8 Å². The van der Waals surface area contributed by atoms with Gasteiger partial charge in [-0.25, -0.2) is 4.79 Å². The molecule has 0 rings (SSSR count). The van der Waals surface area contributed by atoms with Crippen LogP contribution in [0.1, 0.15) is 66.2 Å². The van der Waals surface area contributed by atoms with E-state index in [9.17, 15) is 14.7 Å². The number of carbonyl (C=O) groups excluding carboxylic acids is 1. The summed E-state index contributed by atoms with van der Waals surface area (Å²) >= 11 is 0. The number of nitrogens with one attached hydrogen (secondary N) is 1. The number of carbonyl (C=O) groups is 2. The van der Waals surface area contributed by atoms with E-state index in [2.05, 4.69) is 5.32 Å². The molecule has 106 valence electrons. The van der Waals surface area contributed by atoms with Crippen LogP contribution in [-0.4, -0.2) is 22.5 Å². The minimum atomic E-state index is -1.13. The fourth-order valence-corrected chi connectivity index (χ4v) is 2.20. The first-order chi connectivity index (χ1) is 8.41. The Morgan fingerprint density at radius 1 is 1.11 bits per heavy atom. The van der Waals surface area contributed by atoms with Crippen LogP contribution in [0, 0.1) is 5.92 Å². The van der Waals surface area contributed by atoms with E-state index in [0.29, 0.717) is 6.42 Å². The Labute approximate surface area is 110 Å². The molecule has 18 heavy (non-hydrogen) atoms. The normalized spacial score (nSPS) is 14.3. The lowest BCUT2D eigenvalue weighted by Crippen LogP contribution is -2.53. The second kappa shape index (κ2) is 8.11. The van der Waals surface area contributed by atoms with Crippen molar-refractivity contribution in [1.29, 1.82) is 0 Å². The topological polar surface area (TPSA) is 66.4 Å². The van der Waals surface area contributed by atoms with Crippen LogP contribution in [0.2, 0.25) is 0 Å². The fraction of sp³-hybridized carbons (Fsp3) is 0.857. The second-order valence-corrected chi connectivity index (χ2v) is 5.15. The Balaban J connectivity index is 4.70. The highest BCUT2D eigenvalue weighted by molar-refractivity contribution is 5.87. The van der Waals surface area contributed by atoms with E-state index < -0.39 is 11.5 Å². The Bertz CT molecular complexity index is 272. The molecule has 0 saturated heterocycles. The van der Waals surface area contributed by atoms with Gasteiger partial charge in [-0.05, 0) is 26.2 Å². The van der Waals surface area contributed by atoms with Gasteiger partial charge in [0.2, 0.25) is 5.91 Å². The van der Waals surface area contributed by atoms with E-state index in [0.717, 1.165) is 32.1 Å². The highest BCUT2D eigenvalue weighted by atomic mass is 16.4. The van der Waals surface area contributed by atoms with Crippen molar-refractivity contribution >= 4 is 11.9 Å². The third kappa shape index (κ3) is 5.07. The molecule has 0 radical (unpaired) electrons. The van der Waals surface area contributed by atoms with Crippen molar-refractivity contribution in [2.75, 3.05) is 0 Å². The van der Waals surface area contributed by atoms with Crippen LogP contribution in [0.3, 0.4) is 0 Å². The molecule has 0 aromatic heterocycles. The molecule has 0 aliphatic rings. The van der Waals surface area contributed by atoms with Crippen molar-refractivity contribution in [3.63, 3.8) is 0 Å². The van der Waals surface area contributed by atoms with Crippen LogP contribution < -0.4 is 5.32 Å². The lowest BCUT2D eigenvalue weighted by atomic mass is 9.92. The zero-order valence-corrected chi connectivity index (χ0v) is 12.1. The molecule has 1 amide bonds. The van der Waals surface area contributed by atoms with Crippen LogP contribution in [0.15, 0.2) is 0 Å². The molecule has 0 aliphatic carbocycles. The summed E-state index contributed by atoms with van der Waals surface area (Å²) in [5.41, 5.74) is -1.13. The number of hydrogen-bond donors (Lipinski definition) is 2. The third-order valence-corrected chi connectivity index (χ3v) is 3.27. The molecule has 0 aromatic rings. The molecule has 0 heterocycles. The maximum atomic E-state index is 12.1. The average Bonchev–Trinajstić information content (AvgIpc) is 2.28. The highest BCUT2D eigenvalue weighted by Crippen LogP contribution is 2.18. The first-order valence-corrected chi connectivity index (χ1v) is 6.96. The number of carboxylic acids is 1. The Hall–Kier alpha value is -1.06. The minimum Gasteiger partial charge on any atom is -0.480 e. The molecular formula is C14H27NO3. The number of rotatable bonds is 9. The molecular weight excluding hydrogens is 230 g/mol. The van der Waals surface area contributed by atoms with Crippen molar-refractivity contribution in [2.45, 2.75) is 71.8 Å². The van der Waals surface area contributed by atoms with Gasteiger partial charge >= 0.3 is 5.97 Å². The largest absolute Gasteiger partial charge is 0.480 e. The predicted octanol–water partition coefficient (Wildman–Crippen LogP) is 2.96. The zero-order chi connectivity index (χ0) is 14.2. The lowest BCUT2D eigenvalue weighted by Gasteiger charge is -2.28. The van der Waals surface area contributed by atoms with Crippen molar-refractivity contribution in [2.24, 2.45) is 5.92 Å². The second-order valence-electron chi connectivity index (χ2n) is 5.15. The number of carboxylic acid groups (broad SMARTS) is 1. The summed E-state index contributed by atoms with van der Waals surface area (Å²) in [6, 6.07) is 0. The molecule has 4 nitrogen and oxygen atoms in total. The Morgan fingerprint density at radius 3 is 1.94 bits per heavy atom. The molecule has 1 atom stereocenters. The van der Waals surface area contributed by atoms with Gasteiger partial charge in [0.05, 0.1) is 0 Å². The lowest BCUT2D eigenvalue weighted by molar-refractivity contribution is -0.148. The van der Waals surface area contributed by atoms with Gasteiger partial charge in [0, 0.05) is 5.92 Å².